The fourth-order valence-electron chi connectivity index (χ4n) is 8.91. The predicted molar refractivity (Wildman–Crippen MR) is 222 cm³/mol. The minimum atomic E-state index is -2.50. The zero-order valence-corrected chi connectivity index (χ0v) is 36.2. The first-order valence-corrected chi connectivity index (χ1v) is 23.1. The van der Waals surface area contributed by atoms with Crippen LogP contribution in [-0.2, 0) is 14.3 Å². The van der Waals surface area contributed by atoms with Crippen LogP contribution in [0.4, 0.5) is 0 Å². The van der Waals surface area contributed by atoms with Crippen LogP contribution in [0.15, 0.2) is 0 Å². The number of carboxylic acids is 1. The molecular weight excluding hydrogens is 714 g/mol. The van der Waals surface area contributed by atoms with Crippen LogP contribution >= 0.6 is 0 Å². The average Bonchev–Trinajstić information content (AvgIpc) is 3.42. The molecule has 332 valence electrons. The van der Waals surface area contributed by atoms with Crippen molar-refractivity contribution < 1.29 is 50.1 Å². The average molecular weight is 802 g/mol. The standard InChI is InChI=1S/C29H55NO8.C16H32O2/c1-3-5-7-9-10-12-16-23(15-11-8-6-4-2)26(33)38-25-20-27(19-24(25)32)21-28(34,35)30(17-13-14-18-31)29(36,37)22-27;1-3-5-7-9-10-12-14-15(16(17)18)13-11-8-6-4-2/h23-25,31-32,34-37H,3-22H2,1-2H3;15H,3-14H2,1-2H3,(H,17,18). The molecule has 2 fully saturated rings. The van der Waals surface area contributed by atoms with Gasteiger partial charge in [-0.25, -0.2) is 4.90 Å². The number of piperidine rings is 1. The first-order valence-electron chi connectivity index (χ1n) is 23.1. The second kappa shape index (κ2) is 29.8. The summed E-state index contributed by atoms with van der Waals surface area (Å²) in [6.45, 7) is 8.65. The molecule has 0 aromatic rings. The smallest absolute Gasteiger partial charge is 0.309 e. The van der Waals surface area contributed by atoms with Crippen molar-refractivity contribution in [3.63, 3.8) is 0 Å². The highest BCUT2D eigenvalue weighted by molar-refractivity contribution is 5.72. The second-order valence-corrected chi connectivity index (χ2v) is 17.5. The zero-order chi connectivity index (χ0) is 41.9. The summed E-state index contributed by atoms with van der Waals surface area (Å²) in [5.74, 6) is -6.21. The van der Waals surface area contributed by atoms with Gasteiger partial charge in [0.25, 0.3) is 0 Å². The van der Waals surface area contributed by atoms with Crippen molar-refractivity contribution in [2.75, 3.05) is 13.2 Å². The summed E-state index contributed by atoms with van der Waals surface area (Å²) in [4.78, 5) is 25.2. The van der Waals surface area contributed by atoms with Crippen molar-refractivity contribution in [1.82, 2.24) is 4.90 Å². The van der Waals surface area contributed by atoms with Crippen molar-refractivity contribution in [2.24, 2.45) is 17.3 Å². The van der Waals surface area contributed by atoms with Gasteiger partial charge in [-0.05, 0) is 56.8 Å². The summed E-state index contributed by atoms with van der Waals surface area (Å²) in [6.07, 6.45) is 25.4. The Kier molecular flexibility index (Phi) is 28.0. The quantitative estimate of drug-likeness (QED) is 0.0201. The van der Waals surface area contributed by atoms with Crippen molar-refractivity contribution in [2.45, 2.75) is 244 Å². The predicted octanol–water partition coefficient (Wildman–Crippen LogP) is 8.93. The van der Waals surface area contributed by atoms with Crippen molar-refractivity contribution in [3.8, 4) is 0 Å². The van der Waals surface area contributed by atoms with Gasteiger partial charge in [0.1, 0.15) is 6.10 Å². The molecule has 0 radical (unpaired) electrons. The molecule has 56 heavy (non-hydrogen) atoms. The van der Waals surface area contributed by atoms with E-state index < -0.39 is 35.4 Å². The molecule has 11 heteroatoms. The molecule has 1 saturated carbocycles. The Labute approximate surface area is 341 Å². The summed E-state index contributed by atoms with van der Waals surface area (Å²) >= 11 is 0. The second-order valence-electron chi connectivity index (χ2n) is 17.5. The molecule has 4 unspecified atom stereocenters. The number of carbonyl (C=O) groups is 2. The number of carbonyl (C=O) groups excluding carboxylic acids is 1. The largest absolute Gasteiger partial charge is 0.481 e. The van der Waals surface area contributed by atoms with Crippen LogP contribution in [0.2, 0.25) is 0 Å². The van der Waals surface area contributed by atoms with E-state index in [1.54, 1.807) is 0 Å². The highest BCUT2D eigenvalue weighted by atomic mass is 16.6. The number of rotatable bonds is 31. The van der Waals surface area contributed by atoms with E-state index in [1.807, 2.05) is 0 Å². The van der Waals surface area contributed by atoms with Crippen LogP contribution in [0.1, 0.15) is 220 Å². The van der Waals surface area contributed by atoms with E-state index in [0.29, 0.717) is 12.8 Å². The van der Waals surface area contributed by atoms with Crippen molar-refractivity contribution >= 4 is 11.9 Å². The summed E-state index contributed by atoms with van der Waals surface area (Å²) in [7, 11) is 0. The maximum absolute atomic E-state index is 13.2. The molecule has 0 amide bonds. The molecule has 1 aliphatic heterocycles. The van der Waals surface area contributed by atoms with Crippen LogP contribution < -0.4 is 0 Å². The van der Waals surface area contributed by atoms with Gasteiger partial charge in [-0.15, -0.1) is 0 Å². The molecule has 1 saturated heterocycles. The number of nitrogens with zero attached hydrogens (tertiary/aromatic N) is 1. The molecule has 2 rings (SSSR count). The lowest BCUT2D eigenvalue weighted by Crippen LogP contribution is -2.68. The highest BCUT2D eigenvalue weighted by Crippen LogP contribution is 2.54. The van der Waals surface area contributed by atoms with Gasteiger partial charge >= 0.3 is 11.9 Å². The first kappa shape index (κ1) is 52.7. The number of aliphatic hydroxyl groups excluding tert-OH is 2. The van der Waals surface area contributed by atoms with E-state index in [2.05, 4.69) is 27.7 Å². The summed E-state index contributed by atoms with van der Waals surface area (Å²) < 4.78 is 5.85. The van der Waals surface area contributed by atoms with Gasteiger partial charge in [-0.3, -0.25) is 9.59 Å². The maximum atomic E-state index is 13.2. The van der Waals surface area contributed by atoms with Gasteiger partial charge in [0.15, 0.2) is 0 Å². The molecule has 4 atom stereocenters. The fraction of sp³-hybridized carbons (Fsp3) is 0.956. The number of esters is 1. The fourth-order valence-corrected chi connectivity index (χ4v) is 8.91. The number of aliphatic hydroxyl groups is 6. The number of hydrogen-bond acceptors (Lipinski definition) is 10. The van der Waals surface area contributed by atoms with E-state index in [4.69, 9.17) is 9.84 Å². The normalized spacial score (nSPS) is 21.0. The Bertz CT molecular complexity index is 989. The van der Waals surface area contributed by atoms with Gasteiger partial charge in [-0.2, -0.15) is 0 Å². The van der Waals surface area contributed by atoms with Gasteiger partial charge in [0.2, 0.25) is 11.8 Å². The molecule has 11 nitrogen and oxygen atoms in total. The Morgan fingerprint density at radius 2 is 0.982 bits per heavy atom. The number of hydrogen-bond donors (Lipinski definition) is 7. The van der Waals surface area contributed by atoms with Crippen LogP contribution in [0, 0.1) is 17.3 Å². The molecule has 1 spiro atoms. The number of unbranched alkanes of at least 4 members (excludes halogenated alkanes) is 17. The summed E-state index contributed by atoms with van der Waals surface area (Å²) in [5, 5.41) is 72.1. The van der Waals surface area contributed by atoms with E-state index >= 15 is 0 Å². The lowest BCUT2D eigenvalue weighted by Gasteiger charge is -2.53. The molecule has 7 N–H and O–H groups in total. The lowest BCUT2D eigenvalue weighted by atomic mass is 9.73. The van der Waals surface area contributed by atoms with Crippen LogP contribution in [0.3, 0.4) is 0 Å². The number of likely N-dealkylation sites (tertiary alicyclic amines) is 1. The lowest BCUT2D eigenvalue weighted by molar-refractivity contribution is -0.423. The Morgan fingerprint density at radius 3 is 1.39 bits per heavy atom. The Morgan fingerprint density at radius 1 is 0.589 bits per heavy atom. The van der Waals surface area contributed by atoms with E-state index in [-0.39, 0.29) is 56.6 Å². The third-order valence-electron chi connectivity index (χ3n) is 12.2. The minimum absolute atomic E-state index is 0.0181. The van der Waals surface area contributed by atoms with Gasteiger partial charge in [0.05, 0.1) is 17.9 Å². The van der Waals surface area contributed by atoms with E-state index in [9.17, 15) is 40.2 Å². The van der Waals surface area contributed by atoms with Gasteiger partial charge < -0.3 is 40.5 Å². The maximum Gasteiger partial charge on any atom is 0.309 e. The molecular formula is C45H87NO10. The molecule has 2 aliphatic rings. The number of ether oxygens (including phenoxy) is 1. The van der Waals surface area contributed by atoms with E-state index in [0.717, 1.165) is 81.9 Å². The third kappa shape index (κ3) is 21.1. The molecule has 0 aromatic carbocycles. The molecule has 1 aliphatic carbocycles. The molecule has 0 bridgehead atoms. The third-order valence-corrected chi connectivity index (χ3v) is 12.2. The zero-order valence-electron chi connectivity index (χ0n) is 36.2. The van der Waals surface area contributed by atoms with Crippen molar-refractivity contribution in [1.29, 1.82) is 0 Å². The van der Waals surface area contributed by atoms with E-state index in [1.165, 1.54) is 77.0 Å². The van der Waals surface area contributed by atoms with Crippen LogP contribution in [0.5, 0.6) is 0 Å². The Hall–Kier alpha value is -1.34. The summed E-state index contributed by atoms with van der Waals surface area (Å²) in [6, 6.07) is 0. The SMILES string of the molecule is CCCCCCCCC(CCCCCC)C(=O)O.CCCCCCCCC(CCCCCC)C(=O)OC1CC2(CC1O)CC(O)(O)N(CCCCO)C(O)(O)C2. The molecule has 1 heterocycles. The van der Waals surface area contributed by atoms with Crippen molar-refractivity contribution in [3.05, 3.63) is 0 Å². The number of aliphatic carboxylic acids is 1. The summed E-state index contributed by atoms with van der Waals surface area (Å²) in [5.41, 5.74) is -0.999. The van der Waals surface area contributed by atoms with Crippen LogP contribution in [-0.4, -0.2) is 89.8 Å². The molecule has 0 aromatic heterocycles. The highest BCUT2D eigenvalue weighted by Gasteiger charge is 2.61. The van der Waals surface area contributed by atoms with Crippen LogP contribution in [0.25, 0.3) is 0 Å². The van der Waals surface area contributed by atoms with Gasteiger partial charge in [0, 0.05) is 26.0 Å². The monoisotopic (exact) mass is 802 g/mol. The number of carboxylic acid groups (broad SMARTS) is 1. The topological polar surface area (TPSA) is 188 Å². The Balaban J connectivity index is 0.000000732. The minimum Gasteiger partial charge on any atom is -0.481 e. The van der Waals surface area contributed by atoms with Gasteiger partial charge in [-0.1, -0.05) is 156 Å². The first-order chi connectivity index (χ1) is 26.7.